The Morgan fingerprint density at radius 1 is 1.65 bits per heavy atom. The van der Waals surface area contributed by atoms with Crippen LogP contribution in [0, 0.1) is 5.92 Å². The number of nitrogens with zero attached hydrogens (tertiary/aromatic N) is 3. The van der Waals surface area contributed by atoms with Gasteiger partial charge in [-0.05, 0) is 6.26 Å². The molecule has 2 rings (SSSR count). The second-order valence-corrected chi connectivity index (χ2v) is 4.35. The zero-order valence-electron chi connectivity index (χ0n) is 9.47. The maximum Gasteiger partial charge on any atom is 0.311 e. The molecule has 1 aromatic rings. The minimum Gasteiger partial charge on any atom is -0.469 e. The molecule has 0 saturated carbocycles. The van der Waals surface area contributed by atoms with Crippen LogP contribution in [0.1, 0.15) is 6.42 Å². The number of nitrogens with one attached hydrogen (secondary N) is 1. The number of anilines is 1. The summed E-state index contributed by atoms with van der Waals surface area (Å²) in [5.74, 6) is -0.559. The molecule has 0 aromatic carbocycles. The Balaban J connectivity index is 2.12. The van der Waals surface area contributed by atoms with Gasteiger partial charge in [-0.15, -0.1) is 5.10 Å². The highest BCUT2D eigenvalue weighted by molar-refractivity contribution is 7.98. The van der Waals surface area contributed by atoms with E-state index in [0.717, 1.165) is 0 Å². The van der Waals surface area contributed by atoms with Crippen LogP contribution in [0.5, 0.6) is 0 Å². The van der Waals surface area contributed by atoms with E-state index in [0.29, 0.717) is 11.1 Å². The minimum atomic E-state index is -0.421. The number of hydrogen-bond acceptors (Lipinski definition) is 6. The average molecular weight is 256 g/mol. The van der Waals surface area contributed by atoms with Gasteiger partial charge in [0.1, 0.15) is 0 Å². The zero-order valence-corrected chi connectivity index (χ0v) is 10.3. The third kappa shape index (κ3) is 2.26. The van der Waals surface area contributed by atoms with Crippen molar-refractivity contribution in [3.63, 3.8) is 0 Å². The van der Waals surface area contributed by atoms with Crippen molar-refractivity contribution in [3.8, 4) is 0 Å². The number of H-pyrrole nitrogens is 1. The summed E-state index contributed by atoms with van der Waals surface area (Å²) < 4.78 is 4.62. The molecule has 7 nitrogen and oxygen atoms in total. The Kier molecular flexibility index (Phi) is 3.32. The van der Waals surface area contributed by atoms with Crippen molar-refractivity contribution in [1.29, 1.82) is 0 Å². The molecule has 0 aliphatic carbocycles. The summed E-state index contributed by atoms with van der Waals surface area (Å²) in [5, 5.41) is 7.16. The van der Waals surface area contributed by atoms with E-state index < -0.39 is 5.92 Å². The average Bonchev–Trinajstić information content (AvgIpc) is 2.93. The van der Waals surface area contributed by atoms with Gasteiger partial charge in [0.2, 0.25) is 17.0 Å². The Bertz CT molecular complexity index is 447. The van der Waals surface area contributed by atoms with E-state index in [2.05, 4.69) is 19.9 Å². The van der Waals surface area contributed by atoms with E-state index in [9.17, 15) is 9.59 Å². The molecular weight excluding hydrogens is 244 g/mol. The summed E-state index contributed by atoms with van der Waals surface area (Å²) in [5.41, 5.74) is 0. The van der Waals surface area contributed by atoms with E-state index in [-0.39, 0.29) is 24.8 Å². The first kappa shape index (κ1) is 11.9. The standard InChI is InChI=1S/C9H12N4O3S/c1-16-7(15)5-3-6(14)13(4-5)8-10-9(17-2)12-11-8/h5H,3-4H2,1-2H3,(H,10,11,12). The molecule has 1 aliphatic rings. The lowest BCUT2D eigenvalue weighted by atomic mass is 10.1. The van der Waals surface area contributed by atoms with Crippen LogP contribution < -0.4 is 4.90 Å². The Morgan fingerprint density at radius 2 is 2.41 bits per heavy atom. The molecule has 1 fully saturated rings. The number of carbonyl (C=O) groups is 2. The summed E-state index contributed by atoms with van der Waals surface area (Å²) in [6, 6.07) is 0. The highest BCUT2D eigenvalue weighted by atomic mass is 32.2. The van der Waals surface area contributed by atoms with Crippen molar-refractivity contribution in [1.82, 2.24) is 15.2 Å². The lowest BCUT2D eigenvalue weighted by molar-refractivity contribution is -0.145. The van der Waals surface area contributed by atoms with E-state index in [4.69, 9.17) is 0 Å². The smallest absolute Gasteiger partial charge is 0.311 e. The van der Waals surface area contributed by atoms with Crippen LogP contribution in [0.2, 0.25) is 0 Å². The predicted octanol–water partition coefficient (Wildman–Crippen LogP) is 0.0525. The molecule has 17 heavy (non-hydrogen) atoms. The van der Waals surface area contributed by atoms with Crippen LogP contribution in [-0.2, 0) is 14.3 Å². The topological polar surface area (TPSA) is 88.2 Å². The molecule has 1 unspecified atom stereocenters. The molecule has 0 spiro atoms. The monoisotopic (exact) mass is 256 g/mol. The van der Waals surface area contributed by atoms with Crippen LogP contribution in [0.25, 0.3) is 0 Å². The van der Waals surface area contributed by atoms with Crippen LogP contribution in [-0.4, -0.2) is 47.0 Å². The number of esters is 1. The fourth-order valence-electron chi connectivity index (χ4n) is 1.69. The van der Waals surface area contributed by atoms with Crippen LogP contribution in [0.4, 0.5) is 5.95 Å². The fourth-order valence-corrected chi connectivity index (χ4v) is 2.00. The quantitative estimate of drug-likeness (QED) is 0.607. The summed E-state index contributed by atoms with van der Waals surface area (Å²) in [6.07, 6.45) is 2.00. The fraction of sp³-hybridized carbons (Fsp3) is 0.556. The van der Waals surface area contributed by atoms with Crippen molar-refractivity contribution in [2.45, 2.75) is 11.6 Å². The number of amides is 1. The van der Waals surface area contributed by atoms with Gasteiger partial charge in [-0.1, -0.05) is 11.8 Å². The number of rotatable bonds is 3. The van der Waals surface area contributed by atoms with Gasteiger partial charge in [0.15, 0.2) is 0 Å². The molecular formula is C9H12N4O3S. The largest absolute Gasteiger partial charge is 0.469 e. The molecule has 1 aliphatic heterocycles. The SMILES string of the molecule is COC(=O)C1CC(=O)N(c2nc(SC)n[nH]2)C1. The van der Waals surface area contributed by atoms with E-state index in [1.807, 2.05) is 6.26 Å². The maximum absolute atomic E-state index is 11.7. The molecule has 8 heteroatoms. The molecule has 0 radical (unpaired) electrons. The number of ether oxygens (including phenoxy) is 1. The first-order valence-corrected chi connectivity index (χ1v) is 6.22. The van der Waals surface area contributed by atoms with Crippen LogP contribution >= 0.6 is 11.8 Å². The van der Waals surface area contributed by atoms with Gasteiger partial charge < -0.3 is 4.74 Å². The molecule has 1 saturated heterocycles. The van der Waals surface area contributed by atoms with Gasteiger partial charge >= 0.3 is 5.97 Å². The van der Waals surface area contributed by atoms with Gasteiger partial charge in [-0.3, -0.25) is 14.5 Å². The highest BCUT2D eigenvalue weighted by Gasteiger charge is 2.37. The first-order chi connectivity index (χ1) is 8.15. The van der Waals surface area contributed by atoms with E-state index in [1.54, 1.807) is 0 Å². The molecule has 1 aromatic heterocycles. The number of methoxy groups -OCH3 is 1. The van der Waals surface area contributed by atoms with Crippen LogP contribution in [0.3, 0.4) is 0 Å². The molecule has 92 valence electrons. The third-order valence-corrected chi connectivity index (χ3v) is 3.10. The summed E-state index contributed by atoms with van der Waals surface area (Å²) in [4.78, 5) is 28.6. The second-order valence-electron chi connectivity index (χ2n) is 3.57. The predicted molar refractivity (Wildman–Crippen MR) is 60.6 cm³/mol. The molecule has 1 atom stereocenters. The molecule has 0 bridgehead atoms. The number of aromatic nitrogens is 3. The van der Waals surface area contributed by atoms with Crippen molar-refractivity contribution >= 4 is 29.6 Å². The maximum atomic E-state index is 11.7. The number of thioether (sulfide) groups is 1. The van der Waals surface area contributed by atoms with Crippen LogP contribution in [0.15, 0.2) is 5.16 Å². The van der Waals surface area contributed by atoms with Crippen molar-refractivity contribution in [2.24, 2.45) is 5.92 Å². The Hall–Kier alpha value is -1.57. The Labute approximate surface area is 102 Å². The lowest BCUT2D eigenvalue weighted by Gasteiger charge is -2.11. The lowest BCUT2D eigenvalue weighted by Crippen LogP contribution is -2.27. The molecule has 1 N–H and O–H groups in total. The highest BCUT2D eigenvalue weighted by Crippen LogP contribution is 2.24. The normalized spacial score (nSPS) is 19.8. The molecule has 1 amide bonds. The van der Waals surface area contributed by atoms with Gasteiger partial charge in [-0.25, -0.2) is 5.10 Å². The van der Waals surface area contributed by atoms with E-state index >= 15 is 0 Å². The van der Waals surface area contributed by atoms with Gasteiger partial charge in [0, 0.05) is 13.0 Å². The van der Waals surface area contributed by atoms with Gasteiger partial charge in [0.25, 0.3) is 0 Å². The minimum absolute atomic E-state index is 0.149. The summed E-state index contributed by atoms with van der Waals surface area (Å²) >= 11 is 1.38. The van der Waals surface area contributed by atoms with Crippen molar-refractivity contribution < 1.29 is 14.3 Å². The van der Waals surface area contributed by atoms with Crippen molar-refractivity contribution in [2.75, 3.05) is 24.8 Å². The number of carbonyl (C=O) groups excluding carboxylic acids is 2. The van der Waals surface area contributed by atoms with Crippen molar-refractivity contribution in [3.05, 3.63) is 0 Å². The zero-order chi connectivity index (χ0) is 12.4. The van der Waals surface area contributed by atoms with Gasteiger partial charge in [-0.2, -0.15) is 4.98 Å². The summed E-state index contributed by atoms with van der Waals surface area (Å²) in [6.45, 7) is 0.286. The number of hydrogen-bond donors (Lipinski definition) is 1. The van der Waals surface area contributed by atoms with E-state index in [1.165, 1.54) is 23.8 Å². The second kappa shape index (κ2) is 4.74. The van der Waals surface area contributed by atoms with Gasteiger partial charge in [0.05, 0.1) is 13.0 Å². The summed E-state index contributed by atoms with van der Waals surface area (Å²) in [7, 11) is 1.32. The Morgan fingerprint density at radius 3 is 3.00 bits per heavy atom. The molecule has 2 heterocycles. The first-order valence-electron chi connectivity index (χ1n) is 5.00. The third-order valence-electron chi connectivity index (χ3n) is 2.55. The number of aromatic amines is 1.